The molecule has 1 aromatic carbocycles. The maximum absolute atomic E-state index is 12.4. The molecule has 0 bridgehead atoms. The quantitative estimate of drug-likeness (QED) is 0.845. The number of fused-ring (bicyclic) bond motifs is 1. The fraction of sp³-hybridized carbons (Fsp3) is 0.538. The molecule has 0 aliphatic carbocycles. The zero-order valence-electron chi connectivity index (χ0n) is 11.8. The Morgan fingerprint density at radius 2 is 2.05 bits per heavy atom. The van der Waals surface area contributed by atoms with Gasteiger partial charge >= 0.3 is 10.2 Å². The minimum Gasteiger partial charge on any atom is -0.497 e. The van der Waals surface area contributed by atoms with Crippen LogP contribution in [-0.4, -0.2) is 40.5 Å². The van der Waals surface area contributed by atoms with Gasteiger partial charge in [-0.05, 0) is 36.1 Å². The van der Waals surface area contributed by atoms with E-state index in [1.165, 1.54) is 8.61 Å². The summed E-state index contributed by atoms with van der Waals surface area (Å²) >= 11 is 0. The fourth-order valence-corrected chi connectivity index (χ4v) is 3.60. The third-order valence-electron chi connectivity index (χ3n) is 3.34. The Morgan fingerprint density at radius 1 is 1.37 bits per heavy atom. The molecular formula is C13H20N2O3S. The van der Waals surface area contributed by atoms with Crippen LogP contribution in [-0.2, 0) is 16.6 Å². The van der Waals surface area contributed by atoms with E-state index in [-0.39, 0.29) is 5.92 Å². The lowest BCUT2D eigenvalue weighted by molar-refractivity contribution is 0.413. The predicted octanol–water partition coefficient (Wildman–Crippen LogP) is 1.50. The van der Waals surface area contributed by atoms with Gasteiger partial charge in [-0.2, -0.15) is 12.7 Å². The van der Waals surface area contributed by atoms with Gasteiger partial charge in [0.25, 0.3) is 0 Å². The standard InChI is InChI=1S/C13H20N2O3S/c1-10-7-11-8-12(18-4)5-6-13(11)15(9-10)19(16,17)14(2)3/h5-6,8,10H,7,9H2,1-4H3. The smallest absolute Gasteiger partial charge is 0.303 e. The van der Waals surface area contributed by atoms with E-state index in [0.717, 1.165) is 23.4 Å². The summed E-state index contributed by atoms with van der Waals surface area (Å²) in [5.41, 5.74) is 1.77. The van der Waals surface area contributed by atoms with Gasteiger partial charge in [-0.25, -0.2) is 0 Å². The second-order valence-corrected chi connectivity index (χ2v) is 7.19. The van der Waals surface area contributed by atoms with E-state index in [2.05, 4.69) is 6.92 Å². The minimum atomic E-state index is -3.44. The lowest BCUT2D eigenvalue weighted by Gasteiger charge is -2.35. The number of benzene rings is 1. The molecule has 5 nitrogen and oxygen atoms in total. The molecule has 106 valence electrons. The van der Waals surface area contributed by atoms with Gasteiger partial charge in [-0.1, -0.05) is 6.92 Å². The highest BCUT2D eigenvalue weighted by atomic mass is 32.2. The van der Waals surface area contributed by atoms with Crippen molar-refractivity contribution in [3.8, 4) is 5.75 Å². The number of nitrogens with zero attached hydrogens (tertiary/aromatic N) is 2. The van der Waals surface area contributed by atoms with Crippen LogP contribution in [0.5, 0.6) is 5.75 Å². The number of methoxy groups -OCH3 is 1. The summed E-state index contributed by atoms with van der Waals surface area (Å²) in [6.45, 7) is 2.57. The second-order valence-electron chi connectivity index (χ2n) is 5.13. The van der Waals surface area contributed by atoms with Crippen molar-refractivity contribution < 1.29 is 13.2 Å². The van der Waals surface area contributed by atoms with Gasteiger partial charge in [0.1, 0.15) is 5.75 Å². The largest absolute Gasteiger partial charge is 0.497 e. The average Bonchev–Trinajstić information content (AvgIpc) is 2.36. The Hall–Kier alpha value is -1.27. The zero-order chi connectivity index (χ0) is 14.2. The summed E-state index contributed by atoms with van der Waals surface area (Å²) in [4.78, 5) is 0. The van der Waals surface area contributed by atoms with Gasteiger partial charge in [-0.3, -0.25) is 4.31 Å². The van der Waals surface area contributed by atoms with Gasteiger partial charge in [0, 0.05) is 20.6 Å². The van der Waals surface area contributed by atoms with Crippen molar-refractivity contribution in [2.45, 2.75) is 13.3 Å². The van der Waals surface area contributed by atoms with E-state index < -0.39 is 10.2 Å². The van der Waals surface area contributed by atoms with Gasteiger partial charge in [0.15, 0.2) is 0 Å². The number of rotatable bonds is 3. The summed E-state index contributed by atoms with van der Waals surface area (Å²) in [5.74, 6) is 1.05. The van der Waals surface area contributed by atoms with Crippen LogP contribution >= 0.6 is 0 Å². The van der Waals surface area contributed by atoms with E-state index in [9.17, 15) is 8.42 Å². The maximum atomic E-state index is 12.4. The van der Waals surface area contributed by atoms with Crippen LogP contribution in [0, 0.1) is 5.92 Å². The Balaban J connectivity index is 2.51. The molecule has 0 saturated heterocycles. The molecule has 0 N–H and O–H groups in total. The van der Waals surface area contributed by atoms with Crippen LogP contribution in [0.15, 0.2) is 18.2 Å². The molecule has 6 heteroatoms. The third kappa shape index (κ3) is 2.55. The summed E-state index contributed by atoms with van der Waals surface area (Å²) in [6.07, 6.45) is 0.867. The van der Waals surface area contributed by atoms with E-state index in [4.69, 9.17) is 4.74 Å². The molecule has 0 aromatic heterocycles. The molecule has 0 fully saturated rings. The lowest BCUT2D eigenvalue weighted by Crippen LogP contribution is -2.45. The van der Waals surface area contributed by atoms with Gasteiger partial charge in [0.05, 0.1) is 12.8 Å². The van der Waals surface area contributed by atoms with E-state index >= 15 is 0 Å². The van der Waals surface area contributed by atoms with Crippen LogP contribution in [0.3, 0.4) is 0 Å². The van der Waals surface area contributed by atoms with Crippen molar-refractivity contribution in [3.05, 3.63) is 23.8 Å². The second kappa shape index (κ2) is 5.02. The first-order chi connectivity index (χ1) is 8.86. The predicted molar refractivity (Wildman–Crippen MR) is 75.8 cm³/mol. The monoisotopic (exact) mass is 284 g/mol. The summed E-state index contributed by atoms with van der Waals surface area (Å²) in [5, 5.41) is 0. The van der Waals surface area contributed by atoms with Crippen LogP contribution in [0.4, 0.5) is 5.69 Å². The molecule has 1 atom stereocenters. The number of hydrogen-bond acceptors (Lipinski definition) is 3. The van der Waals surface area contributed by atoms with Crippen molar-refractivity contribution in [2.75, 3.05) is 32.1 Å². The summed E-state index contributed by atoms with van der Waals surface area (Å²) in [6, 6.07) is 5.54. The minimum absolute atomic E-state index is 0.286. The molecule has 19 heavy (non-hydrogen) atoms. The normalized spacial score (nSPS) is 19.4. The molecule has 0 saturated carbocycles. The van der Waals surface area contributed by atoms with Crippen molar-refractivity contribution in [2.24, 2.45) is 5.92 Å². The average molecular weight is 284 g/mol. The SMILES string of the molecule is COc1ccc2c(c1)CC(C)CN2S(=O)(=O)N(C)C. The van der Waals surface area contributed by atoms with Crippen molar-refractivity contribution >= 4 is 15.9 Å². The highest BCUT2D eigenvalue weighted by Gasteiger charge is 2.32. The van der Waals surface area contributed by atoms with Crippen molar-refractivity contribution in [3.63, 3.8) is 0 Å². The highest BCUT2D eigenvalue weighted by molar-refractivity contribution is 7.90. The Bertz CT molecular complexity index is 569. The van der Waals surface area contributed by atoms with Gasteiger partial charge in [0.2, 0.25) is 0 Å². The Labute approximate surface area is 115 Å². The molecule has 0 amide bonds. The fourth-order valence-electron chi connectivity index (χ4n) is 2.33. The van der Waals surface area contributed by atoms with Crippen LogP contribution in [0.25, 0.3) is 0 Å². The summed E-state index contributed by atoms with van der Waals surface area (Å²) < 4.78 is 32.7. The van der Waals surface area contributed by atoms with Gasteiger partial charge in [-0.15, -0.1) is 0 Å². The summed E-state index contributed by atoms with van der Waals surface area (Å²) in [7, 11) is 1.28. The number of ether oxygens (including phenoxy) is 1. The van der Waals surface area contributed by atoms with E-state index in [0.29, 0.717) is 6.54 Å². The molecule has 1 aromatic rings. The van der Waals surface area contributed by atoms with E-state index in [1.54, 1.807) is 27.3 Å². The van der Waals surface area contributed by atoms with E-state index in [1.807, 2.05) is 12.1 Å². The first kappa shape index (κ1) is 14.1. The third-order valence-corrected chi connectivity index (χ3v) is 5.17. The van der Waals surface area contributed by atoms with Crippen LogP contribution < -0.4 is 9.04 Å². The molecular weight excluding hydrogens is 264 g/mol. The van der Waals surface area contributed by atoms with Gasteiger partial charge < -0.3 is 4.74 Å². The van der Waals surface area contributed by atoms with Crippen LogP contribution in [0.2, 0.25) is 0 Å². The topological polar surface area (TPSA) is 49.9 Å². The zero-order valence-corrected chi connectivity index (χ0v) is 12.6. The Kier molecular flexibility index (Phi) is 3.73. The molecule has 2 rings (SSSR count). The lowest BCUT2D eigenvalue weighted by atomic mass is 9.95. The molecule has 1 heterocycles. The molecule has 1 aliphatic rings. The first-order valence-electron chi connectivity index (χ1n) is 6.23. The Morgan fingerprint density at radius 3 is 2.63 bits per heavy atom. The van der Waals surface area contributed by atoms with Crippen molar-refractivity contribution in [1.82, 2.24) is 4.31 Å². The maximum Gasteiger partial charge on any atom is 0.303 e. The number of hydrogen-bond donors (Lipinski definition) is 0. The molecule has 0 spiro atoms. The highest BCUT2D eigenvalue weighted by Crippen LogP contribution is 2.34. The molecule has 1 aliphatic heterocycles. The van der Waals surface area contributed by atoms with Crippen LogP contribution in [0.1, 0.15) is 12.5 Å². The number of anilines is 1. The first-order valence-corrected chi connectivity index (χ1v) is 7.63. The van der Waals surface area contributed by atoms with Crippen molar-refractivity contribution in [1.29, 1.82) is 0 Å². The molecule has 0 radical (unpaired) electrons. The molecule has 1 unspecified atom stereocenters.